The molecule has 1 aromatic carbocycles. The first kappa shape index (κ1) is 16.0. The highest BCUT2D eigenvalue weighted by Crippen LogP contribution is 2.25. The molecule has 2 heterocycles. The van der Waals surface area contributed by atoms with E-state index >= 15 is 0 Å². The van der Waals surface area contributed by atoms with Crippen molar-refractivity contribution in [2.24, 2.45) is 5.92 Å². The van der Waals surface area contributed by atoms with Crippen molar-refractivity contribution in [3.63, 3.8) is 0 Å². The molecule has 2 aromatic heterocycles. The molecule has 1 saturated carbocycles. The Morgan fingerprint density at radius 3 is 2.76 bits per heavy atom. The third kappa shape index (κ3) is 3.64. The lowest BCUT2D eigenvalue weighted by Crippen LogP contribution is -2.39. The van der Waals surface area contributed by atoms with Gasteiger partial charge >= 0.3 is 0 Å². The molecule has 128 valence electrons. The van der Waals surface area contributed by atoms with E-state index in [2.05, 4.69) is 26.7 Å². The average molecular weight is 351 g/mol. The van der Waals surface area contributed by atoms with Crippen LogP contribution in [0, 0.1) is 5.92 Å². The predicted molar refractivity (Wildman–Crippen MR) is 104 cm³/mol. The van der Waals surface area contributed by atoms with Gasteiger partial charge in [0, 0.05) is 19.3 Å². The Morgan fingerprint density at radius 2 is 2.00 bits per heavy atom. The topological polar surface area (TPSA) is 54.8 Å². The Morgan fingerprint density at radius 1 is 1.12 bits per heavy atom. The molecule has 0 bridgehead atoms. The Balaban J connectivity index is 1.36. The van der Waals surface area contributed by atoms with Gasteiger partial charge < -0.3 is 10.6 Å². The summed E-state index contributed by atoms with van der Waals surface area (Å²) in [6.45, 7) is 1.66. The molecule has 1 aliphatic carbocycles. The highest BCUT2D eigenvalue weighted by Gasteiger charge is 2.16. The van der Waals surface area contributed by atoms with Gasteiger partial charge in [-0.15, -0.1) is 0 Å². The van der Waals surface area contributed by atoms with Gasteiger partial charge in [-0.3, -0.25) is 4.57 Å². The zero-order chi connectivity index (χ0) is 17.1. The van der Waals surface area contributed by atoms with Crippen LogP contribution in [0.2, 0.25) is 0 Å². The van der Waals surface area contributed by atoms with E-state index in [9.17, 15) is 0 Å². The van der Waals surface area contributed by atoms with E-state index in [4.69, 9.17) is 12.2 Å². The number of pyridine rings is 1. The zero-order valence-corrected chi connectivity index (χ0v) is 14.8. The molecular formula is C19H21N5S. The van der Waals surface area contributed by atoms with Crippen LogP contribution in [-0.2, 0) is 6.54 Å². The van der Waals surface area contributed by atoms with Crippen LogP contribution in [0.15, 0.2) is 48.9 Å². The minimum atomic E-state index is 0.675. The van der Waals surface area contributed by atoms with Gasteiger partial charge in [0.15, 0.2) is 5.11 Å². The van der Waals surface area contributed by atoms with E-state index in [0.29, 0.717) is 6.54 Å². The normalized spacial score (nSPS) is 14.2. The highest BCUT2D eigenvalue weighted by molar-refractivity contribution is 7.80. The number of hydrogen-bond donors (Lipinski definition) is 2. The van der Waals surface area contributed by atoms with Gasteiger partial charge in [0.25, 0.3) is 0 Å². The van der Waals surface area contributed by atoms with Crippen LogP contribution in [0.1, 0.15) is 24.8 Å². The summed E-state index contributed by atoms with van der Waals surface area (Å²) in [4.78, 5) is 8.97. The maximum absolute atomic E-state index is 5.33. The van der Waals surface area contributed by atoms with Crippen molar-refractivity contribution in [1.82, 2.24) is 25.2 Å². The van der Waals surface area contributed by atoms with Crippen molar-refractivity contribution in [3.05, 3.63) is 54.5 Å². The van der Waals surface area contributed by atoms with Gasteiger partial charge in [-0.2, -0.15) is 0 Å². The summed E-state index contributed by atoms with van der Waals surface area (Å²) < 4.78 is 2.00. The molecule has 3 aromatic rings. The van der Waals surface area contributed by atoms with E-state index in [0.717, 1.165) is 40.0 Å². The second-order valence-electron chi connectivity index (χ2n) is 6.49. The van der Waals surface area contributed by atoms with Crippen LogP contribution in [0.25, 0.3) is 16.9 Å². The van der Waals surface area contributed by atoms with Crippen LogP contribution in [0.5, 0.6) is 0 Å². The first-order chi connectivity index (χ1) is 12.3. The van der Waals surface area contributed by atoms with Crippen molar-refractivity contribution in [2.75, 3.05) is 6.54 Å². The lowest BCUT2D eigenvalue weighted by molar-refractivity contribution is 0.315. The number of rotatable bonds is 5. The smallest absolute Gasteiger partial charge is 0.166 e. The van der Waals surface area contributed by atoms with Gasteiger partial charge in [-0.05, 0) is 54.7 Å². The number of nitrogens with zero attached hydrogens (tertiary/aromatic N) is 3. The number of aromatic nitrogens is 3. The maximum Gasteiger partial charge on any atom is 0.166 e. The molecule has 0 spiro atoms. The van der Waals surface area contributed by atoms with E-state index in [1.165, 1.54) is 19.3 Å². The first-order valence-corrected chi connectivity index (χ1v) is 9.09. The quantitative estimate of drug-likeness (QED) is 0.692. The first-order valence-electron chi connectivity index (χ1n) is 8.69. The van der Waals surface area contributed by atoms with E-state index in [1.807, 2.05) is 47.4 Å². The van der Waals surface area contributed by atoms with Crippen LogP contribution in [0.4, 0.5) is 0 Å². The summed E-state index contributed by atoms with van der Waals surface area (Å²) in [6.07, 6.45) is 7.70. The van der Waals surface area contributed by atoms with Crippen LogP contribution >= 0.6 is 12.2 Å². The molecule has 0 amide bonds. The number of para-hydroxylation sites is 2. The van der Waals surface area contributed by atoms with Crippen LogP contribution in [0.3, 0.4) is 0 Å². The van der Waals surface area contributed by atoms with E-state index in [-0.39, 0.29) is 0 Å². The summed E-state index contributed by atoms with van der Waals surface area (Å²) in [5.74, 6) is 1.66. The molecule has 5 nitrogen and oxygen atoms in total. The Labute approximate surface area is 152 Å². The number of nitrogens with one attached hydrogen (secondary N) is 2. The highest BCUT2D eigenvalue weighted by atomic mass is 32.1. The van der Waals surface area contributed by atoms with Crippen molar-refractivity contribution in [2.45, 2.75) is 25.8 Å². The second kappa shape index (κ2) is 7.19. The number of fused-ring (bicyclic) bond motifs is 1. The third-order valence-electron chi connectivity index (χ3n) is 4.74. The molecule has 0 aliphatic heterocycles. The number of thiocarbonyl (C=S) groups is 1. The minimum absolute atomic E-state index is 0.675. The summed E-state index contributed by atoms with van der Waals surface area (Å²) >= 11 is 5.33. The summed E-state index contributed by atoms with van der Waals surface area (Å²) in [5, 5.41) is 7.26. The number of hydrogen-bond acceptors (Lipinski definition) is 3. The summed E-state index contributed by atoms with van der Waals surface area (Å²) in [6, 6.07) is 12.1. The van der Waals surface area contributed by atoms with Gasteiger partial charge in [0.1, 0.15) is 12.1 Å². The molecule has 0 atom stereocenters. The molecule has 0 radical (unpaired) electrons. The predicted octanol–water partition coefficient (Wildman–Crippen LogP) is 3.18. The summed E-state index contributed by atoms with van der Waals surface area (Å²) in [5.41, 5.74) is 3.13. The summed E-state index contributed by atoms with van der Waals surface area (Å²) in [7, 11) is 0. The van der Waals surface area contributed by atoms with Gasteiger partial charge in [-0.1, -0.05) is 24.6 Å². The lowest BCUT2D eigenvalue weighted by Gasteiger charge is -2.26. The van der Waals surface area contributed by atoms with Crippen molar-refractivity contribution >= 4 is 28.4 Å². The largest absolute Gasteiger partial charge is 0.362 e. The number of benzene rings is 1. The minimum Gasteiger partial charge on any atom is -0.362 e. The average Bonchev–Trinajstić information content (AvgIpc) is 3.03. The number of imidazole rings is 1. The molecule has 25 heavy (non-hydrogen) atoms. The zero-order valence-electron chi connectivity index (χ0n) is 14.0. The SMILES string of the molecule is S=C(NCc1ccc(-n2cnc3ccccc32)nc1)NCC1CCC1. The van der Waals surface area contributed by atoms with Crippen molar-refractivity contribution in [3.8, 4) is 5.82 Å². The van der Waals surface area contributed by atoms with E-state index < -0.39 is 0 Å². The fourth-order valence-corrected chi connectivity index (χ4v) is 3.14. The monoisotopic (exact) mass is 351 g/mol. The van der Waals surface area contributed by atoms with Gasteiger partial charge in [0.05, 0.1) is 11.0 Å². The second-order valence-corrected chi connectivity index (χ2v) is 6.90. The molecule has 0 unspecified atom stereocenters. The Hall–Kier alpha value is -2.47. The fourth-order valence-electron chi connectivity index (χ4n) is 2.98. The maximum atomic E-state index is 5.33. The molecular weight excluding hydrogens is 330 g/mol. The van der Waals surface area contributed by atoms with Crippen molar-refractivity contribution in [1.29, 1.82) is 0 Å². The van der Waals surface area contributed by atoms with Crippen LogP contribution in [-0.4, -0.2) is 26.2 Å². The Bertz CT molecular complexity index is 867. The molecule has 1 aliphatic rings. The van der Waals surface area contributed by atoms with Gasteiger partial charge in [-0.25, -0.2) is 9.97 Å². The van der Waals surface area contributed by atoms with Gasteiger partial charge in [0.2, 0.25) is 0 Å². The third-order valence-corrected chi connectivity index (χ3v) is 5.03. The fraction of sp³-hybridized carbons (Fsp3) is 0.316. The molecule has 1 fully saturated rings. The molecule has 0 saturated heterocycles. The lowest BCUT2D eigenvalue weighted by atomic mass is 9.85. The van der Waals surface area contributed by atoms with Crippen LogP contribution < -0.4 is 10.6 Å². The standard InChI is InChI=1S/C19H21N5S/c25-19(21-10-14-4-3-5-14)22-12-15-8-9-18(20-11-15)24-13-23-16-6-1-2-7-17(16)24/h1-2,6-9,11,13-14H,3-5,10,12H2,(H2,21,22,25). The Kier molecular flexibility index (Phi) is 4.61. The molecule has 2 N–H and O–H groups in total. The van der Waals surface area contributed by atoms with E-state index in [1.54, 1.807) is 0 Å². The van der Waals surface area contributed by atoms with Crippen molar-refractivity contribution < 1.29 is 0 Å². The molecule has 4 rings (SSSR count). The molecule has 6 heteroatoms.